The minimum atomic E-state index is -0.641. The van der Waals surface area contributed by atoms with E-state index in [2.05, 4.69) is 0 Å². The molecule has 0 aliphatic carbocycles. The van der Waals surface area contributed by atoms with Crippen molar-refractivity contribution >= 4 is 34.3 Å². The molecule has 0 bridgehead atoms. The molecule has 182 valence electrons. The second kappa shape index (κ2) is 8.54. The minimum absolute atomic E-state index is 0.0956. The molecule has 3 heterocycles. The van der Waals surface area contributed by atoms with Gasteiger partial charge in [-0.25, -0.2) is 8.78 Å². The Bertz CT molecular complexity index is 1540. The first-order valence-electron chi connectivity index (χ1n) is 11.7. The largest absolute Gasteiger partial charge is 0.365 e. The van der Waals surface area contributed by atoms with E-state index in [0.717, 1.165) is 11.1 Å². The van der Waals surface area contributed by atoms with Crippen LogP contribution in [0, 0.1) is 11.6 Å². The molecule has 36 heavy (non-hydrogen) atoms. The molecule has 1 fully saturated rings. The highest BCUT2D eigenvalue weighted by Gasteiger charge is 2.43. The fourth-order valence-corrected chi connectivity index (χ4v) is 5.54. The Kier molecular flexibility index (Phi) is 5.43. The van der Waals surface area contributed by atoms with Crippen molar-refractivity contribution in [1.29, 1.82) is 0 Å². The summed E-state index contributed by atoms with van der Waals surface area (Å²) < 4.78 is 35.4. The summed E-state index contributed by atoms with van der Waals surface area (Å²) in [5.74, 6) is -1.74. The summed E-state index contributed by atoms with van der Waals surface area (Å²) in [5, 5.41) is 0.961. The van der Waals surface area contributed by atoms with Crippen LogP contribution in [0.2, 0.25) is 5.02 Å². The van der Waals surface area contributed by atoms with Crippen molar-refractivity contribution in [3.63, 3.8) is 0 Å². The van der Waals surface area contributed by atoms with Crippen LogP contribution in [0.15, 0.2) is 66.9 Å². The van der Waals surface area contributed by atoms with Crippen LogP contribution in [0.3, 0.4) is 0 Å². The molecule has 0 saturated carbocycles. The van der Waals surface area contributed by atoms with E-state index in [4.69, 9.17) is 16.3 Å². The first-order chi connectivity index (χ1) is 17.4. The summed E-state index contributed by atoms with van der Waals surface area (Å²) >= 11 is 6.20. The molecule has 3 aromatic carbocycles. The van der Waals surface area contributed by atoms with Gasteiger partial charge in [-0.2, -0.15) is 0 Å². The lowest BCUT2D eigenvalue weighted by Gasteiger charge is -2.39. The highest BCUT2D eigenvalue weighted by Crippen LogP contribution is 2.44. The lowest BCUT2D eigenvalue weighted by atomic mass is 9.83. The van der Waals surface area contributed by atoms with Gasteiger partial charge in [-0.1, -0.05) is 35.9 Å². The molecule has 1 aromatic heterocycles. The van der Waals surface area contributed by atoms with Crippen LogP contribution in [-0.2, 0) is 16.9 Å². The van der Waals surface area contributed by atoms with E-state index >= 15 is 0 Å². The van der Waals surface area contributed by atoms with Gasteiger partial charge in [-0.15, -0.1) is 0 Å². The zero-order chi connectivity index (χ0) is 25.0. The zero-order valence-electron chi connectivity index (χ0n) is 19.1. The number of halogens is 3. The Morgan fingerprint density at radius 2 is 1.69 bits per heavy atom. The van der Waals surface area contributed by atoms with Crippen LogP contribution in [-0.4, -0.2) is 34.4 Å². The van der Waals surface area contributed by atoms with Crippen molar-refractivity contribution in [2.24, 2.45) is 0 Å². The molecular weight excluding hydrogens is 486 g/mol. The Morgan fingerprint density at radius 1 is 0.917 bits per heavy atom. The lowest BCUT2D eigenvalue weighted by Crippen LogP contribution is -2.45. The monoisotopic (exact) mass is 506 g/mol. The van der Waals surface area contributed by atoms with Gasteiger partial charge in [-0.05, 0) is 60.4 Å². The van der Waals surface area contributed by atoms with Crippen molar-refractivity contribution in [3.8, 4) is 0 Å². The average Bonchev–Trinajstić information content (AvgIpc) is 3.42. The van der Waals surface area contributed by atoms with Crippen LogP contribution in [0.1, 0.15) is 44.7 Å². The van der Waals surface area contributed by atoms with Crippen molar-refractivity contribution in [1.82, 2.24) is 9.47 Å². The molecular formula is C28H21ClF2N2O3. The van der Waals surface area contributed by atoms with Gasteiger partial charge >= 0.3 is 0 Å². The maximum atomic E-state index is 14.4. The molecule has 1 saturated heterocycles. The van der Waals surface area contributed by atoms with Gasteiger partial charge in [-0.3, -0.25) is 14.2 Å². The van der Waals surface area contributed by atoms with Gasteiger partial charge < -0.3 is 9.64 Å². The highest BCUT2D eigenvalue weighted by molar-refractivity contribution is 6.31. The first kappa shape index (κ1) is 22.9. The zero-order valence-corrected chi connectivity index (χ0v) is 19.9. The fraction of sp³-hybridized carbons (Fsp3) is 0.214. The van der Waals surface area contributed by atoms with E-state index in [1.54, 1.807) is 35.2 Å². The summed E-state index contributed by atoms with van der Waals surface area (Å²) in [4.78, 5) is 28.6. The second-order valence-corrected chi connectivity index (χ2v) is 9.67. The Labute approximate surface area is 210 Å². The number of nitrogens with zero attached hydrogens (tertiary/aromatic N) is 2. The lowest BCUT2D eigenvalue weighted by molar-refractivity contribution is -0.0741. The maximum Gasteiger partial charge on any atom is 0.265 e. The number of hydrogen-bond acceptors (Lipinski definition) is 3. The smallest absolute Gasteiger partial charge is 0.265 e. The van der Waals surface area contributed by atoms with E-state index in [9.17, 15) is 18.4 Å². The maximum absolute atomic E-state index is 14.4. The molecule has 2 aliphatic heterocycles. The number of carbonyl (C=O) groups excluding carboxylic acids is 2. The number of carbonyl (C=O) groups is 2. The van der Waals surface area contributed by atoms with Crippen molar-refractivity contribution in [2.45, 2.75) is 25.0 Å². The molecule has 1 amide bonds. The minimum Gasteiger partial charge on any atom is -0.365 e. The second-order valence-electron chi connectivity index (χ2n) is 9.24. The SMILES string of the molecule is O=C(c1cn(C(=O)c2ccccc2F)c2cc(Cl)ccc12)N1CCC2(CC1)OCc1cc(F)ccc12. The topological polar surface area (TPSA) is 51.5 Å². The van der Waals surface area contributed by atoms with E-state index in [1.165, 1.54) is 41.1 Å². The highest BCUT2D eigenvalue weighted by atomic mass is 35.5. The normalized spacial score (nSPS) is 16.5. The molecule has 2 aliphatic rings. The number of hydrogen-bond donors (Lipinski definition) is 0. The molecule has 0 radical (unpaired) electrons. The quantitative estimate of drug-likeness (QED) is 0.339. The molecule has 8 heteroatoms. The van der Waals surface area contributed by atoms with Crippen molar-refractivity contribution in [2.75, 3.05) is 13.1 Å². The third kappa shape index (κ3) is 3.62. The number of benzene rings is 3. The summed E-state index contributed by atoms with van der Waals surface area (Å²) in [6, 6.07) is 15.4. The predicted octanol–water partition coefficient (Wildman–Crippen LogP) is 5.92. The Morgan fingerprint density at radius 3 is 2.47 bits per heavy atom. The van der Waals surface area contributed by atoms with E-state index in [-0.39, 0.29) is 17.3 Å². The number of piperidine rings is 1. The van der Waals surface area contributed by atoms with Crippen LogP contribution >= 0.6 is 11.6 Å². The number of aromatic nitrogens is 1. The molecule has 4 aromatic rings. The van der Waals surface area contributed by atoms with Gasteiger partial charge in [0.05, 0.1) is 28.9 Å². The van der Waals surface area contributed by atoms with E-state index in [0.29, 0.717) is 54.0 Å². The van der Waals surface area contributed by atoms with Gasteiger partial charge in [0.1, 0.15) is 11.6 Å². The predicted molar refractivity (Wildman–Crippen MR) is 131 cm³/mol. The Balaban J connectivity index is 1.31. The van der Waals surface area contributed by atoms with Gasteiger partial charge in [0, 0.05) is 29.7 Å². The molecule has 5 nitrogen and oxygen atoms in total. The standard InChI is InChI=1S/C28H21ClF2N2O3/c29-18-5-7-20-22(15-33(25(20)14-18)27(35)21-3-1-2-4-24(21)31)26(34)32-11-9-28(10-12-32)23-8-6-19(30)13-17(23)16-36-28/h1-8,13-15H,9-12,16H2. The average molecular weight is 507 g/mol. The van der Waals surface area contributed by atoms with Crippen molar-refractivity contribution < 1.29 is 23.1 Å². The molecule has 0 N–H and O–H groups in total. The van der Waals surface area contributed by atoms with E-state index in [1.807, 2.05) is 0 Å². The van der Waals surface area contributed by atoms with Crippen LogP contribution in [0.25, 0.3) is 10.9 Å². The first-order valence-corrected chi connectivity index (χ1v) is 12.1. The third-order valence-electron chi connectivity index (χ3n) is 7.24. The number of fused-ring (bicyclic) bond motifs is 3. The van der Waals surface area contributed by atoms with Crippen LogP contribution in [0.4, 0.5) is 8.78 Å². The molecule has 6 rings (SSSR count). The third-order valence-corrected chi connectivity index (χ3v) is 7.48. The number of amides is 1. The summed E-state index contributed by atoms with van der Waals surface area (Å²) in [6.07, 6.45) is 2.62. The van der Waals surface area contributed by atoms with Gasteiger partial charge in [0.15, 0.2) is 0 Å². The fourth-order valence-electron chi connectivity index (χ4n) is 5.38. The molecule has 0 atom stereocenters. The van der Waals surface area contributed by atoms with E-state index < -0.39 is 17.3 Å². The number of ether oxygens (including phenoxy) is 1. The molecule has 1 spiro atoms. The summed E-state index contributed by atoms with van der Waals surface area (Å²) in [6.45, 7) is 1.24. The van der Waals surface area contributed by atoms with Crippen molar-refractivity contribution in [3.05, 3.63) is 106 Å². The van der Waals surface area contributed by atoms with Crippen LogP contribution in [0.5, 0.6) is 0 Å². The number of likely N-dealkylation sites (tertiary alicyclic amines) is 1. The van der Waals surface area contributed by atoms with Gasteiger partial charge in [0.2, 0.25) is 0 Å². The number of rotatable bonds is 2. The van der Waals surface area contributed by atoms with Gasteiger partial charge in [0.25, 0.3) is 11.8 Å². The van der Waals surface area contributed by atoms with Crippen LogP contribution < -0.4 is 0 Å². The summed E-state index contributed by atoms with van der Waals surface area (Å²) in [5.41, 5.74) is 1.99. The Hall–Kier alpha value is -3.55. The molecule has 0 unspecified atom stereocenters. The summed E-state index contributed by atoms with van der Waals surface area (Å²) in [7, 11) is 0.